The lowest BCUT2D eigenvalue weighted by Gasteiger charge is -2.04. The first-order chi connectivity index (χ1) is 6.74. The molecular weight excluding hydrogens is 178 g/mol. The Bertz CT molecular complexity index is 340. The minimum Gasteiger partial charge on any atom is -0.392 e. The van der Waals surface area contributed by atoms with E-state index in [1.54, 1.807) is 24.3 Å². The first kappa shape index (κ1) is 10.4. The molecule has 1 N–H and O–H groups in total. The van der Waals surface area contributed by atoms with Crippen LogP contribution in [0.25, 0.3) is 0 Å². The smallest absolute Gasteiger partial charge is 0.165 e. The van der Waals surface area contributed by atoms with E-state index in [4.69, 9.17) is 5.26 Å². The average molecular weight is 189 g/mol. The number of aliphatic hydroxyl groups is 1. The maximum atomic E-state index is 11.5. The van der Waals surface area contributed by atoms with Crippen molar-refractivity contribution in [1.82, 2.24) is 0 Å². The number of nitrogens with zero attached hydrogens (tertiary/aromatic N) is 1. The molecule has 0 saturated carbocycles. The van der Waals surface area contributed by atoms with Gasteiger partial charge >= 0.3 is 0 Å². The van der Waals surface area contributed by atoms with Crippen molar-refractivity contribution in [3.05, 3.63) is 35.9 Å². The summed E-state index contributed by atoms with van der Waals surface area (Å²) in [5.41, 5.74) is 0.574. The second-order valence-corrected chi connectivity index (χ2v) is 3.01. The van der Waals surface area contributed by atoms with E-state index in [-0.39, 0.29) is 18.6 Å². The largest absolute Gasteiger partial charge is 0.392 e. The molecule has 0 saturated heterocycles. The van der Waals surface area contributed by atoms with E-state index in [0.29, 0.717) is 5.56 Å². The Balaban J connectivity index is 2.56. The van der Waals surface area contributed by atoms with Gasteiger partial charge in [-0.05, 0) is 0 Å². The van der Waals surface area contributed by atoms with Gasteiger partial charge in [-0.1, -0.05) is 30.3 Å². The molecular formula is C11H11NO2. The van der Waals surface area contributed by atoms with Crippen LogP contribution in [0.5, 0.6) is 0 Å². The molecule has 1 atom stereocenters. The third kappa shape index (κ3) is 3.00. The first-order valence-corrected chi connectivity index (χ1v) is 4.37. The number of carbonyl (C=O) groups excluding carboxylic acids is 1. The van der Waals surface area contributed by atoms with E-state index in [0.717, 1.165) is 0 Å². The summed E-state index contributed by atoms with van der Waals surface area (Å²) in [6, 6.07) is 10.6. The molecule has 0 radical (unpaired) electrons. The lowest BCUT2D eigenvalue weighted by Crippen LogP contribution is -2.12. The highest BCUT2D eigenvalue weighted by molar-refractivity contribution is 5.96. The maximum absolute atomic E-state index is 11.5. The number of hydrogen-bond donors (Lipinski definition) is 1. The van der Waals surface area contributed by atoms with Gasteiger partial charge in [0.1, 0.15) is 0 Å². The highest BCUT2D eigenvalue weighted by Crippen LogP contribution is 2.06. The lowest BCUT2D eigenvalue weighted by atomic mass is 10.0. The molecule has 0 spiro atoms. The molecule has 1 aromatic rings. The van der Waals surface area contributed by atoms with Crippen LogP contribution in [-0.4, -0.2) is 17.0 Å². The summed E-state index contributed by atoms with van der Waals surface area (Å²) in [6.45, 7) is 0. The highest BCUT2D eigenvalue weighted by atomic mass is 16.3. The number of aliphatic hydroxyl groups excluding tert-OH is 1. The molecule has 0 heterocycles. The van der Waals surface area contributed by atoms with Gasteiger partial charge in [0, 0.05) is 12.0 Å². The van der Waals surface area contributed by atoms with Crippen molar-refractivity contribution >= 4 is 5.78 Å². The number of carbonyl (C=O) groups is 1. The Morgan fingerprint density at radius 2 is 2.07 bits per heavy atom. The van der Waals surface area contributed by atoms with Gasteiger partial charge in [-0.3, -0.25) is 4.79 Å². The number of nitriles is 1. The third-order valence-electron chi connectivity index (χ3n) is 1.84. The first-order valence-electron chi connectivity index (χ1n) is 4.37. The molecule has 14 heavy (non-hydrogen) atoms. The predicted octanol–water partition coefficient (Wildman–Crippen LogP) is 1.53. The van der Waals surface area contributed by atoms with Gasteiger partial charge in [0.25, 0.3) is 0 Å². The number of benzene rings is 1. The van der Waals surface area contributed by atoms with Crippen molar-refractivity contribution in [3.8, 4) is 6.07 Å². The molecule has 72 valence electrons. The molecule has 0 aromatic heterocycles. The number of hydrogen-bond acceptors (Lipinski definition) is 3. The standard InChI is InChI=1S/C11H11NO2/c12-7-6-10(13)8-11(14)9-4-2-1-3-5-9/h1-5,10,13H,6,8H2/t10-/m1/s1. The SMILES string of the molecule is N#CC[C@@H](O)CC(=O)c1ccccc1. The van der Waals surface area contributed by atoms with Crippen LogP contribution in [0.4, 0.5) is 0 Å². The molecule has 0 unspecified atom stereocenters. The topological polar surface area (TPSA) is 61.1 Å². The van der Waals surface area contributed by atoms with Crippen LogP contribution in [0, 0.1) is 11.3 Å². The van der Waals surface area contributed by atoms with E-state index in [2.05, 4.69) is 0 Å². The zero-order valence-corrected chi connectivity index (χ0v) is 7.68. The minimum atomic E-state index is -0.854. The molecule has 0 aliphatic carbocycles. The van der Waals surface area contributed by atoms with Gasteiger partial charge in [-0.2, -0.15) is 5.26 Å². The molecule has 0 bridgehead atoms. The zero-order chi connectivity index (χ0) is 10.4. The monoisotopic (exact) mass is 189 g/mol. The van der Waals surface area contributed by atoms with Crippen LogP contribution in [-0.2, 0) is 0 Å². The Labute approximate surface area is 82.6 Å². The summed E-state index contributed by atoms with van der Waals surface area (Å²) >= 11 is 0. The number of rotatable bonds is 4. The van der Waals surface area contributed by atoms with Crippen LogP contribution in [0.1, 0.15) is 23.2 Å². The van der Waals surface area contributed by atoms with Crippen LogP contribution >= 0.6 is 0 Å². The average Bonchev–Trinajstić information content (AvgIpc) is 2.19. The van der Waals surface area contributed by atoms with E-state index < -0.39 is 6.10 Å². The fourth-order valence-electron chi connectivity index (χ4n) is 1.13. The molecule has 3 nitrogen and oxygen atoms in total. The van der Waals surface area contributed by atoms with Gasteiger partial charge < -0.3 is 5.11 Å². The third-order valence-corrected chi connectivity index (χ3v) is 1.84. The summed E-state index contributed by atoms with van der Waals surface area (Å²) < 4.78 is 0. The van der Waals surface area contributed by atoms with Gasteiger partial charge in [-0.15, -0.1) is 0 Å². The van der Waals surface area contributed by atoms with Gasteiger partial charge in [0.2, 0.25) is 0 Å². The van der Waals surface area contributed by atoms with E-state index in [9.17, 15) is 9.90 Å². The van der Waals surface area contributed by atoms with Crippen molar-refractivity contribution in [2.24, 2.45) is 0 Å². The Morgan fingerprint density at radius 3 is 2.64 bits per heavy atom. The van der Waals surface area contributed by atoms with Gasteiger partial charge in [-0.25, -0.2) is 0 Å². The van der Waals surface area contributed by atoms with Crippen molar-refractivity contribution in [1.29, 1.82) is 5.26 Å². The molecule has 0 aliphatic rings. The van der Waals surface area contributed by atoms with Crippen LogP contribution in [0.15, 0.2) is 30.3 Å². The Hall–Kier alpha value is -1.66. The van der Waals surface area contributed by atoms with Crippen molar-refractivity contribution in [3.63, 3.8) is 0 Å². The molecule has 1 aromatic carbocycles. The lowest BCUT2D eigenvalue weighted by molar-refractivity contribution is 0.0886. The molecule has 1 rings (SSSR count). The second-order valence-electron chi connectivity index (χ2n) is 3.01. The Kier molecular flexibility index (Phi) is 3.84. The van der Waals surface area contributed by atoms with Crippen LogP contribution in [0.3, 0.4) is 0 Å². The summed E-state index contributed by atoms with van der Waals surface area (Å²) in [4.78, 5) is 11.5. The van der Waals surface area contributed by atoms with Crippen molar-refractivity contribution in [2.45, 2.75) is 18.9 Å². The summed E-state index contributed by atoms with van der Waals surface area (Å²) in [6.07, 6.45) is -0.844. The molecule has 0 fully saturated rings. The van der Waals surface area contributed by atoms with Crippen LogP contribution in [0.2, 0.25) is 0 Å². The van der Waals surface area contributed by atoms with Gasteiger partial charge in [0.05, 0.1) is 18.6 Å². The zero-order valence-electron chi connectivity index (χ0n) is 7.68. The predicted molar refractivity (Wildman–Crippen MR) is 51.6 cm³/mol. The summed E-state index contributed by atoms with van der Waals surface area (Å²) in [5, 5.41) is 17.5. The number of ketones is 1. The van der Waals surface area contributed by atoms with E-state index in [1.165, 1.54) is 0 Å². The maximum Gasteiger partial charge on any atom is 0.165 e. The molecule has 3 heteroatoms. The summed E-state index contributed by atoms with van der Waals surface area (Å²) in [5.74, 6) is -0.131. The van der Waals surface area contributed by atoms with Crippen molar-refractivity contribution in [2.75, 3.05) is 0 Å². The van der Waals surface area contributed by atoms with E-state index >= 15 is 0 Å². The fraction of sp³-hybridized carbons (Fsp3) is 0.273. The van der Waals surface area contributed by atoms with Crippen LogP contribution < -0.4 is 0 Å². The fourth-order valence-corrected chi connectivity index (χ4v) is 1.13. The highest BCUT2D eigenvalue weighted by Gasteiger charge is 2.11. The normalized spacial score (nSPS) is 11.7. The van der Waals surface area contributed by atoms with Crippen molar-refractivity contribution < 1.29 is 9.90 Å². The van der Waals surface area contributed by atoms with E-state index in [1.807, 2.05) is 12.1 Å². The quantitative estimate of drug-likeness (QED) is 0.730. The molecule has 0 amide bonds. The Morgan fingerprint density at radius 1 is 1.43 bits per heavy atom. The van der Waals surface area contributed by atoms with Gasteiger partial charge in [0.15, 0.2) is 5.78 Å². The minimum absolute atomic E-state index is 0.00142. The molecule has 0 aliphatic heterocycles. The summed E-state index contributed by atoms with van der Waals surface area (Å²) in [7, 11) is 0. The second kappa shape index (κ2) is 5.15. The number of Topliss-reactive ketones (excluding diaryl/α,β-unsaturated/α-hetero) is 1.